The molecule has 27 heavy (non-hydrogen) atoms. The van der Waals surface area contributed by atoms with Crippen molar-refractivity contribution in [3.63, 3.8) is 0 Å². The zero-order chi connectivity index (χ0) is 18.6. The highest BCUT2D eigenvalue weighted by Crippen LogP contribution is 2.30. The van der Waals surface area contributed by atoms with Crippen LogP contribution in [0.5, 0.6) is 5.75 Å². The Labute approximate surface area is 157 Å². The molecule has 7 heteroatoms. The van der Waals surface area contributed by atoms with Crippen LogP contribution in [0.3, 0.4) is 0 Å². The van der Waals surface area contributed by atoms with E-state index in [4.69, 9.17) is 10.5 Å². The van der Waals surface area contributed by atoms with Gasteiger partial charge in [0.05, 0.1) is 11.6 Å². The second kappa shape index (κ2) is 7.57. The molecule has 3 aromatic rings. The maximum Gasteiger partial charge on any atom is 0.251 e. The molecule has 138 valence electrons. The molecule has 1 amide bonds. The first-order valence-electron chi connectivity index (χ1n) is 9.07. The zero-order valence-electron chi connectivity index (χ0n) is 14.8. The van der Waals surface area contributed by atoms with Gasteiger partial charge in [-0.15, -0.1) is 0 Å². The van der Waals surface area contributed by atoms with Crippen LogP contribution >= 0.6 is 0 Å². The molecule has 0 unspecified atom stereocenters. The van der Waals surface area contributed by atoms with Crippen LogP contribution < -0.4 is 15.8 Å². The number of hydrogen-bond acceptors (Lipinski definition) is 6. The van der Waals surface area contributed by atoms with Crippen molar-refractivity contribution in [1.29, 1.82) is 0 Å². The average Bonchev–Trinajstić information content (AvgIpc) is 2.70. The molecular formula is C20H21N5O2. The van der Waals surface area contributed by atoms with E-state index < -0.39 is 0 Å². The van der Waals surface area contributed by atoms with Gasteiger partial charge in [0.1, 0.15) is 11.3 Å². The number of nitrogens with zero attached hydrogens (tertiary/aromatic N) is 3. The highest BCUT2D eigenvalue weighted by atomic mass is 16.5. The Morgan fingerprint density at radius 1 is 1.04 bits per heavy atom. The fraction of sp³-hybridized carbons (Fsp3) is 0.300. The number of nitrogen functional groups attached to an aromatic ring is 1. The Morgan fingerprint density at radius 2 is 1.78 bits per heavy atom. The fourth-order valence-corrected chi connectivity index (χ4v) is 3.43. The molecule has 1 saturated carbocycles. The van der Waals surface area contributed by atoms with E-state index in [1.807, 2.05) is 0 Å². The molecule has 3 N–H and O–H groups in total. The van der Waals surface area contributed by atoms with Crippen LogP contribution in [0, 0.1) is 0 Å². The van der Waals surface area contributed by atoms with Crippen molar-refractivity contribution >= 4 is 22.6 Å². The van der Waals surface area contributed by atoms with Crippen molar-refractivity contribution in [2.24, 2.45) is 0 Å². The van der Waals surface area contributed by atoms with E-state index in [-0.39, 0.29) is 18.1 Å². The Kier molecular flexibility index (Phi) is 4.82. The van der Waals surface area contributed by atoms with E-state index in [1.54, 1.807) is 49.1 Å². The van der Waals surface area contributed by atoms with Crippen LogP contribution in [-0.4, -0.2) is 33.0 Å². The Morgan fingerprint density at radius 3 is 2.56 bits per heavy atom. The summed E-state index contributed by atoms with van der Waals surface area (Å²) >= 11 is 0. The summed E-state index contributed by atoms with van der Waals surface area (Å²) in [6.07, 6.45) is 10.1. The first kappa shape index (κ1) is 17.2. The lowest BCUT2D eigenvalue weighted by atomic mass is 9.92. The van der Waals surface area contributed by atoms with Crippen molar-refractivity contribution in [3.8, 4) is 5.75 Å². The van der Waals surface area contributed by atoms with E-state index in [0.29, 0.717) is 17.0 Å². The molecule has 7 nitrogen and oxygen atoms in total. The second-order valence-corrected chi connectivity index (χ2v) is 6.74. The number of carbonyl (C=O) groups excluding carboxylic acids is 1. The van der Waals surface area contributed by atoms with Crippen LogP contribution in [0.25, 0.3) is 11.0 Å². The van der Waals surface area contributed by atoms with Crippen LogP contribution in [0.15, 0.2) is 49.1 Å². The third kappa shape index (κ3) is 3.97. The minimum absolute atomic E-state index is 0.0566. The molecule has 1 fully saturated rings. The molecule has 0 atom stereocenters. The first-order valence-corrected chi connectivity index (χ1v) is 9.07. The monoisotopic (exact) mass is 363 g/mol. The lowest BCUT2D eigenvalue weighted by Gasteiger charge is -2.29. The molecule has 0 bridgehead atoms. The standard InChI is InChI=1S/C20H21N5O2/c21-14-11-17-19(24-10-9-23-17)18(12-14)27-16-3-1-15(2-4-16)25-20(26)13-5-7-22-8-6-13/h5-12,15-16H,1-4,21H2,(H,25,26). The molecule has 0 saturated heterocycles. The van der Waals surface area contributed by atoms with Crippen molar-refractivity contribution in [2.75, 3.05) is 5.73 Å². The normalized spacial score (nSPS) is 19.6. The van der Waals surface area contributed by atoms with Crippen molar-refractivity contribution < 1.29 is 9.53 Å². The van der Waals surface area contributed by atoms with E-state index in [9.17, 15) is 4.79 Å². The van der Waals surface area contributed by atoms with E-state index in [1.165, 1.54) is 0 Å². The summed E-state index contributed by atoms with van der Waals surface area (Å²) in [5.74, 6) is 0.612. The first-order chi connectivity index (χ1) is 13.2. The van der Waals surface area contributed by atoms with E-state index in [0.717, 1.165) is 36.7 Å². The predicted octanol–water partition coefficient (Wildman–Crippen LogP) is 2.73. The Hall–Kier alpha value is -3.22. The van der Waals surface area contributed by atoms with Gasteiger partial charge in [0.2, 0.25) is 0 Å². The van der Waals surface area contributed by atoms with Crippen LogP contribution in [0.4, 0.5) is 5.69 Å². The van der Waals surface area contributed by atoms with Gasteiger partial charge in [0, 0.05) is 48.1 Å². The highest BCUT2D eigenvalue weighted by molar-refractivity contribution is 5.94. The summed E-state index contributed by atoms with van der Waals surface area (Å²) in [5, 5.41) is 3.09. The van der Waals surface area contributed by atoms with E-state index >= 15 is 0 Å². The number of amides is 1. The number of anilines is 1. The number of aromatic nitrogens is 3. The summed E-state index contributed by atoms with van der Waals surface area (Å²) in [4.78, 5) is 24.9. The minimum atomic E-state index is -0.0566. The van der Waals surface area contributed by atoms with Gasteiger partial charge in [-0.25, -0.2) is 4.98 Å². The maximum atomic E-state index is 12.3. The molecule has 4 rings (SSSR count). The van der Waals surface area contributed by atoms with Gasteiger partial charge in [-0.3, -0.25) is 14.8 Å². The zero-order valence-corrected chi connectivity index (χ0v) is 14.8. The summed E-state index contributed by atoms with van der Waals surface area (Å²) in [6, 6.07) is 7.18. The molecule has 1 aliphatic carbocycles. The maximum absolute atomic E-state index is 12.3. The average molecular weight is 363 g/mol. The largest absolute Gasteiger partial charge is 0.488 e. The third-order valence-corrected chi connectivity index (χ3v) is 4.81. The lowest BCUT2D eigenvalue weighted by Crippen LogP contribution is -2.39. The molecule has 0 radical (unpaired) electrons. The van der Waals surface area contributed by atoms with Gasteiger partial charge >= 0.3 is 0 Å². The summed E-state index contributed by atoms with van der Waals surface area (Å²) in [7, 11) is 0. The van der Waals surface area contributed by atoms with E-state index in [2.05, 4.69) is 20.3 Å². The lowest BCUT2D eigenvalue weighted by molar-refractivity contribution is 0.0895. The van der Waals surface area contributed by atoms with Crippen LogP contribution in [-0.2, 0) is 0 Å². The Bertz CT molecular complexity index is 940. The molecule has 2 aromatic heterocycles. The van der Waals surface area contributed by atoms with Gasteiger partial charge in [-0.2, -0.15) is 0 Å². The van der Waals surface area contributed by atoms with Gasteiger partial charge < -0.3 is 15.8 Å². The number of hydrogen-bond donors (Lipinski definition) is 2. The fourth-order valence-electron chi connectivity index (χ4n) is 3.43. The molecule has 0 aliphatic heterocycles. The molecule has 1 aliphatic rings. The number of fused-ring (bicyclic) bond motifs is 1. The second-order valence-electron chi connectivity index (χ2n) is 6.74. The summed E-state index contributed by atoms with van der Waals surface area (Å²) < 4.78 is 6.18. The minimum Gasteiger partial charge on any atom is -0.488 e. The smallest absolute Gasteiger partial charge is 0.251 e. The van der Waals surface area contributed by atoms with Crippen molar-refractivity contribution in [2.45, 2.75) is 37.8 Å². The topological polar surface area (TPSA) is 103 Å². The SMILES string of the molecule is Nc1cc(OC2CCC(NC(=O)c3ccncc3)CC2)c2nccnc2c1. The number of rotatable bonds is 4. The third-order valence-electron chi connectivity index (χ3n) is 4.81. The number of carbonyl (C=O) groups is 1. The molecular weight excluding hydrogens is 342 g/mol. The van der Waals surface area contributed by atoms with Gasteiger partial charge in [0.25, 0.3) is 5.91 Å². The quantitative estimate of drug-likeness (QED) is 0.691. The number of nitrogens with two attached hydrogens (primary N) is 1. The summed E-state index contributed by atoms with van der Waals surface area (Å²) in [6.45, 7) is 0. The van der Waals surface area contributed by atoms with Crippen LogP contribution in [0.1, 0.15) is 36.0 Å². The summed E-state index contributed by atoms with van der Waals surface area (Å²) in [5.41, 5.74) is 8.65. The number of pyridine rings is 1. The van der Waals surface area contributed by atoms with Gasteiger partial charge in [-0.1, -0.05) is 0 Å². The van der Waals surface area contributed by atoms with Crippen LogP contribution in [0.2, 0.25) is 0 Å². The number of ether oxygens (including phenoxy) is 1. The van der Waals surface area contributed by atoms with Crippen molar-refractivity contribution in [1.82, 2.24) is 20.3 Å². The van der Waals surface area contributed by atoms with Gasteiger partial charge in [-0.05, 0) is 43.9 Å². The molecule has 1 aromatic carbocycles. The Balaban J connectivity index is 1.37. The molecule has 0 spiro atoms. The predicted molar refractivity (Wildman–Crippen MR) is 102 cm³/mol. The molecule has 2 heterocycles. The highest BCUT2D eigenvalue weighted by Gasteiger charge is 2.24. The number of nitrogens with one attached hydrogen (secondary N) is 1. The van der Waals surface area contributed by atoms with Gasteiger partial charge in [0.15, 0.2) is 0 Å². The number of benzene rings is 1. The van der Waals surface area contributed by atoms with Crippen molar-refractivity contribution in [3.05, 3.63) is 54.6 Å².